The number of phenols is 6. The fourth-order valence-corrected chi connectivity index (χ4v) is 14.1. The Labute approximate surface area is 475 Å². The van der Waals surface area contributed by atoms with Crippen LogP contribution in [0.1, 0.15) is 270 Å². The minimum atomic E-state index is -0.808. The van der Waals surface area contributed by atoms with E-state index >= 15 is 0 Å². The molecule has 0 heterocycles. The van der Waals surface area contributed by atoms with Crippen LogP contribution in [0.3, 0.4) is 0 Å². The summed E-state index contributed by atoms with van der Waals surface area (Å²) >= 11 is 0. The second-order valence-corrected chi connectivity index (χ2v) is 27.3. The van der Waals surface area contributed by atoms with Crippen molar-refractivity contribution in [3.05, 3.63) is 176 Å². The Bertz CT molecular complexity index is 2890. The molecule has 424 valence electrons. The smallest absolute Gasteiger partial charge is 0.119 e. The first kappa shape index (κ1) is 59.2. The van der Waals surface area contributed by atoms with Gasteiger partial charge in [-0.15, -0.1) is 0 Å². The zero-order chi connectivity index (χ0) is 57.4. The highest BCUT2D eigenvalue weighted by atomic mass is 16.3. The van der Waals surface area contributed by atoms with E-state index < -0.39 is 16.2 Å². The summed E-state index contributed by atoms with van der Waals surface area (Å²) in [5.74, 6) is 2.09. The maximum atomic E-state index is 12.0. The maximum Gasteiger partial charge on any atom is 0.119 e. The monoisotopic (exact) mass is 1070 g/mol. The van der Waals surface area contributed by atoms with Crippen LogP contribution in [-0.2, 0) is 27.1 Å². The number of hydrogen-bond acceptors (Lipinski definition) is 6. The molecule has 2 saturated carbocycles. The Morgan fingerprint density at radius 3 is 1.01 bits per heavy atom. The van der Waals surface area contributed by atoms with E-state index in [9.17, 15) is 30.6 Å². The van der Waals surface area contributed by atoms with Gasteiger partial charge < -0.3 is 30.6 Å². The van der Waals surface area contributed by atoms with Crippen LogP contribution < -0.4 is 0 Å². The van der Waals surface area contributed by atoms with E-state index in [0.717, 1.165) is 131 Å². The second kappa shape index (κ2) is 23.3. The summed E-state index contributed by atoms with van der Waals surface area (Å²) in [6.07, 6.45) is 13.8. The molecule has 0 bridgehead atoms. The normalized spacial score (nSPS) is 17.3. The van der Waals surface area contributed by atoms with Gasteiger partial charge in [0.25, 0.3) is 0 Å². The highest BCUT2D eigenvalue weighted by molar-refractivity contribution is 5.55. The lowest BCUT2D eigenvalue weighted by Crippen LogP contribution is -2.43. The highest BCUT2D eigenvalue weighted by Gasteiger charge is 2.48. The van der Waals surface area contributed by atoms with Crippen molar-refractivity contribution in [1.82, 2.24) is 0 Å². The summed E-state index contributed by atoms with van der Waals surface area (Å²) in [4.78, 5) is 0. The van der Waals surface area contributed by atoms with E-state index in [0.29, 0.717) is 24.3 Å². The summed E-state index contributed by atoms with van der Waals surface area (Å²) in [6.45, 7) is 28.7. The third-order valence-electron chi connectivity index (χ3n) is 20.0. The lowest BCUT2D eigenvalue weighted by atomic mass is 9.55. The Morgan fingerprint density at radius 1 is 0.380 bits per heavy atom. The SMILES string of the molecule is CCC(C)c1cc(C(C)(CC(CC(C)(c2ccc(O)c(C(C)(C)C)c2)c2ccc(O)c(C(C)(C)C)c2)C(C)(c2ccc(O)c(C3CCCCC3)c2)c2ccc(O)c(C3CCCCC3)c2)c2ccc(O)c(C(C)CC)c2)ccc1O. The third kappa shape index (κ3) is 12.0. The molecule has 6 nitrogen and oxygen atoms in total. The Hall–Kier alpha value is -5.88. The van der Waals surface area contributed by atoms with Crippen molar-refractivity contribution in [2.75, 3.05) is 0 Å². The van der Waals surface area contributed by atoms with Gasteiger partial charge in [-0.25, -0.2) is 0 Å². The molecule has 2 aliphatic carbocycles. The standard InChI is InChI=1S/C73H96O6/c1-14-46(3)57-38-50(26-32-63(57)74)71(11,51-27-33-64(75)58(39-51)47(4)15-2)44-56(45-72(12,52-28-36-67(78)61(42-52)69(5,6)7)53-29-37-68(79)62(43-53)70(8,9)10)73(13,54-30-34-65(76)59(40-54)48-22-18-16-19-23-48)55-31-35-66(77)60(41-55)49-24-20-17-21-25-49/h26-43,46-49,56,74-79H,14-25,44-45H2,1-13H3. The quantitative estimate of drug-likeness (QED) is 0.0541. The molecule has 6 heteroatoms. The average Bonchev–Trinajstić information content (AvgIpc) is 3.53. The average molecular weight is 1070 g/mol. The number of rotatable bonds is 17. The van der Waals surface area contributed by atoms with Crippen molar-refractivity contribution in [1.29, 1.82) is 0 Å². The van der Waals surface area contributed by atoms with Crippen LogP contribution >= 0.6 is 0 Å². The zero-order valence-corrected chi connectivity index (χ0v) is 50.4. The first-order valence-corrected chi connectivity index (χ1v) is 30.3. The topological polar surface area (TPSA) is 121 Å². The molecule has 0 aromatic heterocycles. The van der Waals surface area contributed by atoms with Gasteiger partial charge in [-0.2, -0.15) is 0 Å². The summed E-state index contributed by atoms with van der Waals surface area (Å²) in [7, 11) is 0. The molecule has 0 saturated heterocycles. The summed E-state index contributed by atoms with van der Waals surface area (Å²) < 4.78 is 0. The van der Waals surface area contributed by atoms with Crippen molar-refractivity contribution >= 4 is 0 Å². The molecule has 6 aromatic carbocycles. The molecule has 8 rings (SSSR count). The van der Waals surface area contributed by atoms with E-state index in [1.165, 1.54) is 12.8 Å². The molecular formula is C73H96O6. The molecule has 2 fully saturated rings. The van der Waals surface area contributed by atoms with E-state index in [-0.39, 0.29) is 63.4 Å². The molecule has 6 N–H and O–H groups in total. The molecule has 79 heavy (non-hydrogen) atoms. The zero-order valence-electron chi connectivity index (χ0n) is 50.4. The molecular weight excluding hydrogens is 973 g/mol. The lowest BCUT2D eigenvalue weighted by molar-refractivity contribution is 0.224. The fraction of sp³-hybridized carbons (Fsp3) is 0.507. The van der Waals surface area contributed by atoms with Gasteiger partial charge in [0.1, 0.15) is 34.5 Å². The first-order chi connectivity index (χ1) is 37.2. The van der Waals surface area contributed by atoms with Crippen molar-refractivity contribution in [2.45, 2.75) is 231 Å². The number of hydrogen-bond donors (Lipinski definition) is 6. The van der Waals surface area contributed by atoms with Crippen molar-refractivity contribution in [3.8, 4) is 34.5 Å². The number of benzene rings is 6. The van der Waals surface area contributed by atoms with Crippen LogP contribution in [0.2, 0.25) is 0 Å². The van der Waals surface area contributed by atoms with Crippen molar-refractivity contribution in [3.63, 3.8) is 0 Å². The second-order valence-electron chi connectivity index (χ2n) is 27.3. The minimum Gasteiger partial charge on any atom is -0.508 e. The van der Waals surface area contributed by atoms with Gasteiger partial charge in [0.15, 0.2) is 0 Å². The highest BCUT2D eigenvalue weighted by Crippen LogP contribution is 2.56. The molecule has 0 spiro atoms. The van der Waals surface area contributed by atoms with Gasteiger partial charge in [0, 0.05) is 16.2 Å². The van der Waals surface area contributed by atoms with Crippen molar-refractivity contribution < 1.29 is 30.6 Å². The molecule has 0 aliphatic heterocycles. The van der Waals surface area contributed by atoms with E-state index in [4.69, 9.17) is 0 Å². The van der Waals surface area contributed by atoms with Crippen molar-refractivity contribution in [2.24, 2.45) is 5.92 Å². The van der Waals surface area contributed by atoms with Gasteiger partial charge in [-0.1, -0.05) is 201 Å². The van der Waals surface area contributed by atoms with Crippen LogP contribution in [-0.4, -0.2) is 30.6 Å². The predicted octanol–water partition coefficient (Wildman–Crippen LogP) is 19.4. The van der Waals surface area contributed by atoms with Crippen LogP contribution in [0.25, 0.3) is 0 Å². The molecule has 0 radical (unpaired) electrons. The van der Waals surface area contributed by atoms with Gasteiger partial charge in [0.05, 0.1) is 0 Å². The first-order valence-electron chi connectivity index (χ1n) is 30.3. The molecule has 2 aliphatic rings. The lowest BCUT2D eigenvalue weighted by Gasteiger charge is -2.48. The molecule has 3 atom stereocenters. The van der Waals surface area contributed by atoms with Gasteiger partial charge in [0.2, 0.25) is 0 Å². The van der Waals surface area contributed by atoms with E-state index in [1.807, 2.05) is 36.4 Å². The van der Waals surface area contributed by atoms with Gasteiger partial charge in [-0.3, -0.25) is 0 Å². The van der Waals surface area contributed by atoms with Crippen LogP contribution in [0, 0.1) is 5.92 Å². The molecule has 3 unspecified atom stereocenters. The van der Waals surface area contributed by atoms with E-state index in [1.54, 1.807) is 0 Å². The minimum absolute atomic E-state index is 0.0903. The summed E-state index contributed by atoms with van der Waals surface area (Å²) in [6, 6.07) is 37.7. The predicted molar refractivity (Wildman–Crippen MR) is 327 cm³/mol. The van der Waals surface area contributed by atoms with Crippen LogP contribution in [0.4, 0.5) is 0 Å². The fourth-order valence-electron chi connectivity index (χ4n) is 14.1. The number of aromatic hydroxyl groups is 6. The Kier molecular flexibility index (Phi) is 17.5. The number of phenolic OH excluding ortho intramolecular Hbond substituents is 6. The Morgan fingerprint density at radius 2 is 0.684 bits per heavy atom. The third-order valence-corrected chi connectivity index (χ3v) is 20.0. The summed E-state index contributed by atoms with van der Waals surface area (Å²) in [5, 5.41) is 70.8. The summed E-state index contributed by atoms with van der Waals surface area (Å²) in [5.41, 5.74) is 8.82. The maximum absolute atomic E-state index is 12.0. The molecule has 0 amide bonds. The van der Waals surface area contributed by atoms with Crippen LogP contribution in [0.15, 0.2) is 109 Å². The van der Waals surface area contributed by atoms with E-state index in [2.05, 4.69) is 163 Å². The Balaban J connectivity index is 1.53. The largest absolute Gasteiger partial charge is 0.508 e. The molecule has 6 aromatic rings. The van der Waals surface area contributed by atoms with Gasteiger partial charge in [-0.05, 0) is 195 Å². The van der Waals surface area contributed by atoms with Crippen LogP contribution in [0.5, 0.6) is 34.5 Å². The van der Waals surface area contributed by atoms with Gasteiger partial charge >= 0.3 is 0 Å².